The Morgan fingerprint density at radius 3 is 2.55 bits per heavy atom. The van der Waals surface area contributed by atoms with Gasteiger partial charge in [-0.15, -0.1) is 0 Å². The second kappa shape index (κ2) is 4.87. The minimum absolute atomic E-state index is 0.0896. The molecule has 2 heterocycles. The van der Waals surface area contributed by atoms with Gasteiger partial charge in [0.25, 0.3) is 0 Å². The highest BCUT2D eigenvalue weighted by Gasteiger charge is 2.51. The van der Waals surface area contributed by atoms with Gasteiger partial charge < -0.3 is 14.4 Å². The molecule has 2 aromatic rings. The van der Waals surface area contributed by atoms with E-state index < -0.39 is 5.41 Å². The molecular formula is C17H14INO3. The minimum Gasteiger partial charge on any atom is -0.454 e. The van der Waals surface area contributed by atoms with E-state index in [4.69, 9.17) is 9.47 Å². The van der Waals surface area contributed by atoms with Gasteiger partial charge in [0.05, 0.1) is 5.69 Å². The van der Waals surface area contributed by atoms with E-state index in [0.717, 1.165) is 16.8 Å². The molecule has 0 aliphatic carbocycles. The Morgan fingerprint density at radius 1 is 1.18 bits per heavy atom. The number of carbonyl (C=O) groups is 1. The molecule has 0 fully saturated rings. The third-order valence-corrected chi connectivity index (χ3v) is 5.59. The summed E-state index contributed by atoms with van der Waals surface area (Å²) in [6, 6.07) is 13.8. The molecule has 0 saturated carbocycles. The van der Waals surface area contributed by atoms with Crippen LogP contribution in [0, 0.1) is 0 Å². The molecule has 0 bridgehead atoms. The Labute approximate surface area is 142 Å². The number of benzene rings is 2. The highest BCUT2D eigenvalue weighted by atomic mass is 127. The minimum atomic E-state index is -0.660. The van der Waals surface area contributed by atoms with Crippen LogP contribution in [0.4, 0.5) is 5.69 Å². The predicted molar refractivity (Wildman–Crippen MR) is 92.1 cm³/mol. The fourth-order valence-electron chi connectivity index (χ4n) is 3.27. The molecule has 2 aliphatic heterocycles. The average molecular weight is 407 g/mol. The summed E-state index contributed by atoms with van der Waals surface area (Å²) in [4.78, 5) is 14.8. The fourth-order valence-corrected chi connectivity index (χ4v) is 4.45. The Hall–Kier alpha value is -1.76. The van der Waals surface area contributed by atoms with E-state index in [9.17, 15) is 4.79 Å². The molecule has 112 valence electrons. The second-order valence-corrected chi connectivity index (χ2v) is 6.25. The quantitative estimate of drug-likeness (QED) is 0.568. The first-order chi connectivity index (χ1) is 10.7. The highest BCUT2D eigenvalue weighted by Crippen LogP contribution is 2.51. The van der Waals surface area contributed by atoms with Crippen molar-refractivity contribution in [2.45, 2.75) is 5.41 Å². The summed E-state index contributed by atoms with van der Waals surface area (Å²) >= 11 is 2.30. The van der Waals surface area contributed by atoms with Crippen molar-refractivity contribution in [2.24, 2.45) is 0 Å². The largest absolute Gasteiger partial charge is 0.454 e. The summed E-state index contributed by atoms with van der Waals surface area (Å²) in [6.45, 7) is 0.235. The van der Waals surface area contributed by atoms with E-state index >= 15 is 0 Å². The summed E-state index contributed by atoms with van der Waals surface area (Å²) in [5.41, 5.74) is 2.24. The Kier molecular flexibility index (Phi) is 3.07. The number of nitrogens with zero attached hydrogens (tertiary/aromatic N) is 1. The molecular weight excluding hydrogens is 393 g/mol. The number of ether oxygens (including phenoxy) is 2. The van der Waals surface area contributed by atoms with Crippen LogP contribution in [0.5, 0.6) is 11.5 Å². The summed E-state index contributed by atoms with van der Waals surface area (Å²) in [6.07, 6.45) is 0. The van der Waals surface area contributed by atoms with E-state index in [0.29, 0.717) is 15.9 Å². The van der Waals surface area contributed by atoms with Gasteiger partial charge in [-0.05, 0) is 11.6 Å². The number of hydrogen-bond donors (Lipinski definition) is 0. The van der Waals surface area contributed by atoms with Crippen LogP contribution in [0.1, 0.15) is 11.1 Å². The van der Waals surface area contributed by atoms with Crippen molar-refractivity contribution in [3.8, 4) is 11.5 Å². The van der Waals surface area contributed by atoms with Gasteiger partial charge in [0, 0.05) is 23.1 Å². The monoisotopic (exact) mass is 407 g/mol. The van der Waals surface area contributed by atoms with Crippen molar-refractivity contribution in [1.82, 2.24) is 0 Å². The molecule has 2 aromatic carbocycles. The van der Waals surface area contributed by atoms with E-state index in [1.54, 1.807) is 4.90 Å². The van der Waals surface area contributed by atoms with Crippen LogP contribution in [0.3, 0.4) is 0 Å². The Balaban J connectivity index is 2.00. The molecule has 0 radical (unpaired) electrons. The number of alkyl halides is 1. The molecule has 4 nitrogen and oxygen atoms in total. The zero-order chi connectivity index (χ0) is 15.3. The van der Waals surface area contributed by atoms with Crippen molar-refractivity contribution < 1.29 is 14.3 Å². The lowest BCUT2D eigenvalue weighted by Gasteiger charge is -2.26. The zero-order valence-corrected chi connectivity index (χ0v) is 14.2. The number of likely N-dealkylation sites (N-methyl/N-ethyl adjacent to an activating group) is 1. The van der Waals surface area contributed by atoms with Crippen molar-refractivity contribution in [3.63, 3.8) is 0 Å². The van der Waals surface area contributed by atoms with Crippen molar-refractivity contribution >= 4 is 34.2 Å². The number of fused-ring (bicyclic) bond motifs is 2. The third-order valence-electron chi connectivity index (χ3n) is 4.45. The molecule has 2 aliphatic rings. The maximum Gasteiger partial charge on any atom is 0.242 e. The van der Waals surface area contributed by atoms with Gasteiger partial charge in [0.1, 0.15) is 5.41 Å². The Morgan fingerprint density at radius 2 is 1.86 bits per heavy atom. The molecule has 4 rings (SSSR count). The van der Waals surface area contributed by atoms with Gasteiger partial charge >= 0.3 is 0 Å². The first-order valence-electron chi connectivity index (χ1n) is 7.02. The molecule has 0 aromatic heterocycles. The smallest absolute Gasteiger partial charge is 0.242 e. The summed E-state index contributed by atoms with van der Waals surface area (Å²) in [7, 11) is 1.82. The van der Waals surface area contributed by atoms with Gasteiger partial charge in [0.2, 0.25) is 12.7 Å². The lowest BCUT2D eigenvalue weighted by molar-refractivity contribution is -0.120. The van der Waals surface area contributed by atoms with Crippen LogP contribution in [0.2, 0.25) is 0 Å². The summed E-state index contributed by atoms with van der Waals surface area (Å²) < 4.78 is 11.6. The predicted octanol–water partition coefficient (Wildman–Crippen LogP) is 3.11. The first kappa shape index (κ1) is 13.9. The van der Waals surface area contributed by atoms with Crippen LogP contribution >= 0.6 is 22.6 Å². The van der Waals surface area contributed by atoms with Crippen LogP contribution < -0.4 is 14.4 Å². The lowest BCUT2D eigenvalue weighted by Crippen LogP contribution is -2.41. The molecule has 1 unspecified atom stereocenters. The van der Waals surface area contributed by atoms with Gasteiger partial charge in [-0.2, -0.15) is 0 Å². The molecule has 5 heteroatoms. The number of amides is 1. The number of anilines is 1. The van der Waals surface area contributed by atoms with Crippen LogP contribution in [-0.4, -0.2) is 24.2 Å². The SMILES string of the molecule is CN1C(=O)C(CI)(c2ccccc2)c2cc3c(cc21)OCO3. The van der Waals surface area contributed by atoms with E-state index in [1.807, 2.05) is 49.5 Å². The molecule has 0 spiro atoms. The number of halogens is 1. The highest BCUT2D eigenvalue weighted by molar-refractivity contribution is 14.1. The first-order valence-corrected chi connectivity index (χ1v) is 8.55. The summed E-state index contributed by atoms with van der Waals surface area (Å²) in [5, 5.41) is 0. The second-order valence-electron chi connectivity index (χ2n) is 5.49. The van der Waals surface area contributed by atoms with E-state index in [-0.39, 0.29) is 12.7 Å². The molecule has 0 N–H and O–H groups in total. The van der Waals surface area contributed by atoms with Crippen molar-refractivity contribution in [1.29, 1.82) is 0 Å². The fraction of sp³-hybridized carbons (Fsp3) is 0.235. The van der Waals surface area contributed by atoms with Gasteiger partial charge in [0.15, 0.2) is 11.5 Å². The maximum atomic E-state index is 13.1. The average Bonchev–Trinajstić information content (AvgIpc) is 3.10. The van der Waals surface area contributed by atoms with E-state index in [1.165, 1.54) is 0 Å². The van der Waals surface area contributed by atoms with Crippen LogP contribution in [0.15, 0.2) is 42.5 Å². The van der Waals surface area contributed by atoms with Crippen molar-refractivity contribution in [2.75, 3.05) is 23.2 Å². The normalized spacial score (nSPS) is 22.1. The maximum absolute atomic E-state index is 13.1. The topological polar surface area (TPSA) is 38.8 Å². The van der Waals surface area contributed by atoms with Gasteiger partial charge in [-0.1, -0.05) is 52.9 Å². The number of carbonyl (C=O) groups excluding carboxylic acids is 1. The van der Waals surface area contributed by atoms with Crippen molar-refractivity contribution in [3.05, 3.63) is 53.6 Å². The molecule has 1 amide bonds. The standard InChI is InChI=1S/C17H14INO3/c1-19-13-8-15-14(21-10-22-15)7-12(13)17(9-18,16(19)20)11-5-3-2-4-6-11/h2-8H,9-10H2,1H3. The lowest BCUT2D eigenvalue weighted by atomic mass is 9.77. The van der Waals surface area contributed by atoms with Gasteiger partial charge in [-0.3, -0.25) is 4.79 Å². The van der Waals surface area contributed by atoms with Crippen LogP contribution in [-0.2, 0) is 10.2 Å². The molecule has 1 atom stereocenters. The molecule has 0 saturated heterocycles. The Bertz CT molecular complexity index is 762. The zero-order valence-electron chi connectivity index (χ0n) is 12.0. The number of rotatable bonds is 2. The van der Waals surface area contributed by atoms with Gasteiger partial charge in [-0.25, -0.2) is 0 Å². The summed E-state index contributed by atoms with van der Waals surface area (Å²) in [5.74, 6) is 1.51. The number of hydrogen-bond acceptors (Lipinski definition) is 3. The van der Waals surface area contributed by atoms with E-state index in [2.05, 4.69) is 22.6 Å². The van der Waals surface area contributed by atoms with Crippen LogP contribution in [0.25, 0.3) is 0 Å². The molecule has 22 heavy (non-hydrogen) atoms. The third kappa shape index (κ3) is 1.65.